The van der Waals surface area contributed by atoms with Crippen LogP contribution in [0.15, 0.2) is 17.9 Å². The van der Waals surface area contributed by atoms with Gasteiger partial charge in [-0.1, -0.05) is 64.4 Å². The van der Waals surface area contributed by atoms with Crippen LogP contribution in [0, 0.1) is 0 Å². The zero-order valence-electron chi connectivity index (χ0n) is 11.2. The van der Waals surface area contributed by atoms with Crippen molar-refractivity contribution in [3.05, 3.63) is 17.9 Å². The highest BCUT2D eigenvalue weighted by Gasteiger charge is 1.98. The van der Waals surface area contributed by atoms with Crippen LogP contribution in [-0.4, -0.2) is 0 Å². The van der Waals surface area contributed by atoms with E-state index in [9.17, 15) is 0 Å². The Bertz CT molecular complexity index is 278. The van der Waals surface area contributed by atoms with Crippen LogP contribution in [0.2, 0.25) is 0 Å². The third-order valence-corrected chi connectivity index (χ3v) is 6.30. The van der Waals surface area contributed by atoms with Crippen molar-refractivity contribution in [3.63, 3.8) is 0 Å². The molecule has 1 heterocycles. The van der Waals surface area contributed by atoms with Crippen molar-refractivity contribution < 1.29 is 0 Å². The summed E-state index contributed by atoms with van der Waals surface area (Å²) >= 11 is 0. The molecule has 0 bridgehead atoms. The van der Waals surface area contributed by atoms with E-state index in [0.717, 1.165) is 0 Å². The Morgan fingerprint density at radius 2 is 1.53 bits per heavy atom. The summed E-state index contributed by atoms with van der Waals surface area (Å²) in [5.41, 5.74) is 0. The predicted molar refractivity (Wildman–Crippen MR) is 82.9 cm³/mol. The van der Waals surface area contributed by atoms with Crippen LogP contribution in [0.4, 0.5) is 0 Å². The maximum Gasteiger partial charge on any atom is 0.00528 e. The Morgan fingerprint density at radius 3 is 2.06 bits per heavy atom. The fourth-order valence-electron chi connectivity index (χ4n) is 2.19. The summed E-state index contributed by atoms with van der Waals surface area (Å²) in [6.07, 6.45) is 14.2. The van der Waals surface area contributed by atoms with Gasteiger partial charge in [0.05, 0.1) is 0 Å². The Morgan fingerprint density at radius 1 is 0.941 bits per heavy atom. The van der Waals surface area contributed by atoms with E-state index in [4.69, 9.17) is 0 Å². The predicted octanol–water partition coefficient (Wildman–Crippen LogP) is 6.24. The lowest BCUT2D eigenvalue weighted by Gasteiger charge is -2.02. The van der Waals surface area contributed by atoms with Crippen molar-refractivity contribution in [3.8, 4) is 0 Å². The molecule has 0 saturated heterocycles. The van der Waals surface area contributed by atoms with E-state index in [1.54, 1.807) is 0 Å². The summed E-state index contributed by atoms with van der Waals surface area (Å²) in [5.74, 6) is 2.35. The van der Waals surface area contributed by atoms with Gasteiger partial charge >= 0.3 is 0 Å². The molecule has 96 valence electrons. The fraction of sp³-hybridized carbons (Fsp3) is 0.733. The summed E-state index contributed by atoms with van der Waals surface area (Å²) < 4.78 is 0. The molecule has 1 aromatic heterocycles. The molecule has 0 aliphatic carbocycles. The molecule has 1 aromatic rings. The molecule has 0 saturated carbocycles. The molecule has 1 unspecified atom stereocenters. The summed E-state index contributed by atoms with van der Waals surface area (Å²) in [7, 11) is 4.51. The van der Waals surface area contributed by atoms with E-state index >= 15 is 0 Å². The highest BCUT2D eigenvalue weighted by atomic mass is 31.1. The van der Waals surface area contributed by atoms with Crippen LogP contribution in [0.25, 0.3) is 0 Å². The van der Waals surface area contributed by atoms with Crippen molar-refractivity contribution in [2.45, 2.75) is 70.9 Å². The van der Waals surface area contributed by atoms with Crippen molar-refractivity contribution in [2.75, 3.05) is 0 Å². The van der Waals surface area contributed by atoms with Gasteiger partial charge < -0.3 is 0 Å². The highest BCUT2D eigenvalue weighted by molar-refractivity contribution is 7.63. The molecule has 1 atom stereocenters. The second-order valence-corrected chi connectivity index (χ2v) is 7.89. The number of aryl methyl sites for hydroxylation is 1. The van der Waals surface area contributed by atoms with Gasteiger partial charge in [0.25, 0.3) is 0 Å². The summed E-state index contributed by atoms with van der Waals surface area (Å²) in [6, 6.07) is 4.32. The Hall–Kier alpha value is 0.210. The van der Waals surface area contributed by atoms with E-state index in [0.29, 0.717) is 0 Å². The number of hydrogen-bond donors (Lipinski definition) is 0. The van der Waals surface area contributed by atoms with Gasteiger partial charge in [-0.15, -0.1) is 7.53 Å². The van der Waals surface area contributed by atoms with Crippen LogP contribution in [-0.2, 0) is 6.16 Å². The largest absolute Gasteiger partial charge is 0.116 e. The van der Waals surface area contributed by atoms with Crippen LogP contribution in [0.1, 0.15) is 64.7 Å². The highest BCUT2D eigenvalue weighted by Crippen LogP contribution is 2.29. The lowest BCUT2D eigenvalue weighted by molar-refractivity contribution is 0.570. The second kappa shape index (κ2) is 10.2. The molecule has 2 heteroatoms. The van der Waals surface area contributed by atoms with Gasteiger partial charge in [0.2, 0.25) is 0 Å². The normalized spacial score (nSPS) is 12.0. The minimum Gasteiger partial charge on any atom is -0.116 e. The van der Waals surface area contributed by atoms with E-state index in [2.05, 4.69) is 34.1 Å². The third kappa shape index (κ3) is 7.28. The van der Waals surface area contributed by atoms with Gasteiger partial charge in [-0.05, 0) is 33.7 Å². The maximum absolute atomic E-state index is 4.51. The molecule has 0 aliphatic rings. The summed E-state index contributed by atoms with van der Waals surface area (Å²) in [6.45, 7) is 2.28. The van der Waals surface area contributed by atoms with E-state index in [1.807, 2.05) is 0 Å². The molecule has 1 rings (SSSR count). The zero-order valence-corrected chi connectivity index (χ0v) is 13.0. The minimum absolute atomic E-state index is 0.00589. The van der Waals surface area contributed by atoms with Crippen molar-refractivity contribution >= 4 is 21.8 Å². The van der Waals surface area contributed by atoms with Gasteiger partial charge in [-0.25, -0.2) is 0 Å². The molecule has 0 aliphatic heterocycles. The standard InChI is InChI=1S/C15H26P2/c1-2-3-4-5-6-7-8-9-10-13-17-14-11-12-15(17)16/h11-12,14H,2-10,13H2,1H3. The second-order valence-electron chi connectivity index (χ2n) is 4.89. The first-order valence-corrected chi connectivity index (χ1v) is 9.23. The maximum atomic E-state index is 4.51. The van der Waals surface area contributed by atoms with Gasteiger partial charge in [0.15, 0.2) is 0 Å². The first-order valence-electron chi connectivity index (χ1n) is 7.18. The molecule has 0 nitrogen and oxygen atoms in total. The van der Waals surface area contributed by atoms with Gasteiger partial charge in [-0.2, -0.15) is 0 Å². The average molecular weight is 268 g/mol. The molecular formula is C15H26P2. The van der Waals surface area contributed by atoms with Crippen LogP contribution in [0.5, 0.6) is 0 Å². The Kier molecular flexibility index (Phi) is 9.13. The van der Waals surface area contributed by atoms with E-state index in [1.165, 1.54) is 69.0 Å². The Balaban J connectivity index is 1.86. The van der Waals surface area contributed by atoms with Crippen molar-refractivity contribution in [1.29, 1.82) is 0 Å². The number of hydrogen-bond acceptors (Lipinski definition) is 0. The minimum atomic E-state index is 0.00589. The third-order valence-electron chi connectivity index (χ3n) is 3.31. The van der Waals surface area contributed by atoms with Crippen LogP contribution >= 0.6 is 16.8 Å². The zero-order chi connectivity index (χ0) is 12.3. The lowest BCUT2D eigenvalue weighted by Crippen LogP contribution is -1.84. The Labute approximate surface area is 111 Å². The molecule has 0 fully saturated rings. The molecule has 0 spiro atoms. The SMILES string of the molecule is CCCCCCCCCCCp1cccc1[P]. The number of unbranched alkanes of at least 4 members (excludes halogenated alkanes) is 8. The first-order chi connectivity index (χ1) is 8.34. The van der Waals surface area contributed by atoms with Crippen LogP contribution in [0.3, 0.4) is 0 Å². The topological polar surface area (TPSA) is 0 Å². The molecule has 2 radical (unpaired) electrons. The van der Waals surface area contributed by atoms with Gasteiger partial charge in [0, 0.05) is 5.04 Å². The quantitative estimate of drug-likeness (QED) is 0.348. The average Bonchev–Trinajstić information content (AvgIpc) is 2.73. The molecule has 0 aromatic carbocycles. The van der Waals surface area contributed by atoms with E-state index in [-0.39, 0.29) is 7.53 Å². The molecular weight excluding hydrogens is 242 g/mol. The molecule has 0 amide bonds. The van der Waals surface area contributed by atoms with Crippen molar-refractivity contribution in [2.24, 2.45) is 0 Å². The van der Waals surface area contributed by atoms with E-state index < -0.39 is 0 Å². The fourth-order valence-corrected chi connectivity index (χ4v) is 4.44. The summed E-state index contributed by atoms with van der Waals surface area (Å²) in [4.78, 5) is 0. The van der Waals surface area contributed by atoms with Crippen molar-refractivity contribution in [1.82, 2.24) is 0 Å². The monoisotopic (exact) mass is 268 g/mol. The lowest BCUT2D eigenvalue weighted by atomic mass is 10.1. The smallest absolute Gasteiger partial charge is 0.00528 e. The van der Waals surface area contributed by atoms with Crippen LogP contribution < -0.4 is 5.04 Å². The molecule has 0 N–H and O–H groups in total. The number of rotatable bonds is 10. The molecule has 17 heavy (non-hydrogen) atoms. The first kappa shape index (κ1) is 15.3. The van der Waals surface area contributed by atoms with Gasteiger partial charge in [-0.3, -0.25) is 0 Å². The summed E-state index contributed by atoms with van der Waals surface area (Å²) in [5, 5.41) is 1.32. The van der Waals surface area contributed by atoms with Gasteiger partial charge in [0.1, 0.15) is 0 Å².